The van der Waals surface area contributed by atoms with Crippen LogP contribution in [0.4, 0.5) is 0 Å². The third-order valence-electron chi connectivity index (χ3n) is 3.44. The average molecular weight is 323 g/mol. The fourth-order valence-corrected chi connectivity index (χ4v) is 2.85. The molecule has 0 spiro atoms. The monoisotopic (exact) mass is 322 g/mol. The van der Waals surface area contributed by atoms with Gasteiger partial charge >= 0.3 is 0 Å². The van der Waals surface area contributed by atoms with E-state index in [1.54, 1.807) is 0 Å². The van der Waals surface area contributed by atoms with Gasteiger partial charge in [-0.05, 0) is 34.7 Å². The van der Waals surface area contributed by atoms with E-state index >= 15 is 0 Å². The second kappa shape index (κ2) is 6.06. The van der Waals surface area contributed by atoms with E-state index in [0.29, 0.717) is 0 Å². The lowest BCUT2D eigenvalue weighted by Crippen LogP contribution is -1.93. The van der Waals surface area contributed by atoms with Crippen LogP contribution in [-0.4, -0.2) is 0 Å². The van der Waals surface area contributed by atoms with Crippen molar-refractivity contribution in [3.05, 3.63) is 94.5 Å². The van der Waals surface area contributed by atoms with E-state index in [9.17, 15) is 0 Å². The Morgan fingerprint density at radius 2 is 1.20 bits per heavy atom. The SMILES string of the molecule is Brc1ccccc1Cc1ccccc1-c1ccccc1. The zero-order valence-corrected chi connectivity index (χ0v) is 12.7. The molecule has 0 saturated heterocycles. The van der Waals surface area contributed by atoms with Crippen LogP contribution in [0.1, 0.15) is 11.1 Å². The van der Waals surface area contributed by atoms with Crippen LogP contribution in [0, 0.1) is 0 Å². The molecule has 0 radical (unpaired) electrons. The van der Waals surface area contributed by atoms with Crippen LogP contribution in [0.15, 0.2) is 83.3 Å². The molecular weight excluding hydrogens is 308 g/mol. The first kappa shape index (κ1) is 13.1. The molecule has 98 valence electrons. The topological polar surface area (TPSA) is 0 Å². The molecule has 0 bridgehead atoms. The molecule has 0 unspecified atom stereocenters. The number of rotatable bonds is 3. The van der Waals surface area contributed by atoms with Crippen LogP contribution >= 0.6 is 15.9 Å². The maximum atomic E-state index is 3.63. The number of benzene rings is 3. The molecule has 0 aromatic heterocycles. The summed E-state index contributed by atoms with van der Waals surface area (Å²) in [4.78, 5) is 0. The molecule has 0 nitrogen and oxygen atoms in total. The number of hydrogen-bond acceptors (Lipinski definition) is 0. The molecule has 3 rings (SSSR count). The lowest BCUT2D eigenvalue weighted by Gasteiger charge is -2.11. The van der Waals surface area contributed by atoms with Gasteiger partial charge in [0.15, 0.2) is 0 Å². The van der Waals surface area contributed by atoms with E-state index in [4.69, 9.17) is 0 Å². The standard InChI is InChI=1S/C19H15Br/c20-19-13-7-5-11-17(19)14-16-10-4-6-12-18(16)15-8-2-1-3-9-15/h1-13H,14H2. The summed E-state index contributed by atoms with van der Waals surface area (Å²) < 4.78 is 1.17. The zero-order valence-electron chi connectivity index (χ0n) is 11.1. The van der Waals surface area contributed by atoms with Crippen molar-refractivity contribution in [3.8, 4) is 11.1 Å². The summed E-state index contributed by atoms with van der Waals surface area (Å²) in [6, 6.07) is 27.6. The van der Waals surface area contributed by atoms with Gasteiger partial charge in [0.05, 0.1) is 0 Å². The largest absolute Gasteiger partial charge is 0.0622 e. The van der Waals surface area contributed by atoms with E-state index in [0.717, 1.165) is 6.42 Å². The van der Waals surface area contributed by atoms with Gasteiger partial charge in [0.1, 0.15) is 0 Å². The van der Waals surface area contributed by atoms with Crippen LogP contribution in [-0.2, 0) is 6.42 Å². The van der Waals surface area contributed by atoms with Crippen LogP contribution in [0.2, 0.25) is 0 Å². The molecule has 3 aromatic rings. The molecule has 0 aliphatic heterocycles. The first-order valence-corrected chi connectivity index (χ1v) is 7.50. The molecule has 0 amide bonds. The van der Waals surface area contributed by atoms with Crippen LogP contribution in [0.5, 0.6) is 0 Å². The molecule has 0 N–H and O–H groups in total. The summed E-state index contributed by atoms with van der Waals surface area (Å²) in [5.41, 5.74) is 5.25. The molecule has 20 heavy (non-hydrogen) atoms. The highest BCUT2D eigenvalue weighted by atomic mass is 79.9. The van der Waals surface area contributed by atoms with Crippen molar-refractivity contribution in [2.75, 3.05) is 0 Å². The van der Waals surface area contributed by atoms with Gasteiger partial charge in [-0.25, -0.2) is 0 Å². The van der Waals surface area contributed by atoms with Crippen molar-refractivity contribution in [1.29, 1.82) is 0 Å². The van der Waals surface area contributed by atoms with Gasteiger partial charge in [-0.1, -0.05) is 88.7 Å². The minimum Gasteiger partial charge on any atom is -0.0622 e. The van der Waals surface area contributed by atoms with Crippen LogP contribution < -0.4 is 0 Å². The van der Waals surface area contributed by atoms with Crippen molar-refractivity contribution >= 4 is 15.9 Å². The lowest BCUT2D eigenvalue weighted by molar-refractivity contribution is 1.18. The first-order valence-electron chi connectivity index (χ1n) is 6.71. The van der Waals surface area contributed by atoms with Crippen molar-refractivity contribution in [3.63, 3.8) is 0 Å². The zero-order chi connectivity index (χ0) is 13.8. The number of hydrogen-bond donors (Lipinski definition) is 0. The predicted molar refractivity (Wildman–Crippen MR) is 88.8 cm³/mol. The fraction of sp³-hybridized carbons (Fsp3) is 0.0526. The Balaban J connectivity index is 2.01. The Bertz CT molecular complexity index is 702. The van der Waals surface area contributed by atoms with Gasteiger partial charge in [-0.2, -0.15) is 0 Å². The maximum Gasteiger partial charge on any atom is 0.0210 e. The summed E-state index contributed by atoms with van der Waals surface area (Å²) in [6.07, 6.45) is 0.937. The molecule has 0 heterocycles. The van der Waals surface area contributed by atoms with E-state index in [1.807, 2.05) is 0 Å². The van der Waals surface area contributed by atoms with Crippen molar-refractivity contribution in [2.45, 2.75) is 6.42 Å². The van der Waals surface area contributed by atoms with Gasteiger partial charge in [0, 0.05) is 4.47 Å². The molecule has 0 fully saturated rings. The fourth-order valence-electron chi connectivity index (χ4n) is 2.42. The third-order valence-corrected chi connectivity index (χ3v) is 4.21. The second-order valence-electron chi connectivity index (χ2n) is 4.79. The van der Waals surface area contributed by atoms with Gasteiger partial charge < -0.3 is 0 Å². The maximum absolute atomic E-state index is 3.63. The molecule has 3 aromatic carbocycles. The minimum absolute atomic E-state index is 0.937. The van der Waals surface area contributed by atoms with Gasteiger partial charge in [-0.3, -0.25) is 0 Å². The predicted octanol–water partition coefficient (Wildman–Crippen LogP) is 5.71. The second-order valence-corrected chi connectivity index (χ2v) is 5.65. The summed E-state index contributed by atoms with van der Waals surface area (Å²) in [6.45, 7) is 0. The Hall–Kier alpha value is -1.86. The van der Waals surface area contributed by atoms with Crippen LogP contribution in [0.25, 0.3) is 11.1 Å². The molecule has 0 saturated carbocycles. The van der Waals surface area contributed by atoms with Crippen molar-refractivity contribution in [1.82, 2.24) is 0 Å². The van der Waals surface area contributed by atoms with Gasteiger partial charge in [-0.15, -0.1) is 0 Å². The highest BCUT2D eigenvalue weighted by Crippen LogP contribution is 2.27. The number of halogens is 1. The Morgan fingerprint density at radius 1 is 0.600 bits per heavy atom. The Labute approximate surface area is 128 Å². The van der Waals surface area contributed by atoms with E-state index in [1.165, 1.54) is 26.7 Å². The van der Waals surface area contributed by atoms with Gasteiger partial charge in [0.2, 0.25) is 0 Å². The smallest absolute Gasteiger partial charge is 0.0210 e. The highest BCUT2D eigenvalue weighted by Gasteiger charge is 2.06. The molecule has 0 aliphatic rings. The van der Waals surface area contributed by atoms with Crippen molar-refractivity contribution < 1.29 is 0 Å². The quantitative estimate of drug-likeness (QED) is 0.579. The molecular formula is C19H15Br. The molecule has 0 atom stereocenters. The Kier molecular flexibility index (Phi) is 3.98. The van der Waals surface area contributed by atoms with E-state index < -0.39 is 0 Å². The van der Waals surface area contributed by atoms with Crippen LogP contribution in [0.3, 0.4) is 0 Å². The first-order chi connectivity index (χ1) is 9.84. The third kappa shape index (κ3) is 2.83. The summed E-state index contributed by atoms with van der Waals surface area (Å²) in [5, 5.41) is 0. The summed E-state index contributed by atoms with van der Waals surface area (Å²) in [7, 11) is 0. The summed E-state index contributed by atoms with van der Waals surface area (Å²) >= 11 is 3.63. The highest BCUT2D eigenvalue weighted by molar-refractivity contribution is 9.10. The van der Waals surface area contributed by atoms with E-state index in [-0.39, 0.29) is 0 Å². The average Bonchev–Trinajstić information content (AvgIpc) is 2.51. The van der Waals surface area contributed by atoms with Gasteiger partial charge in [0.25, 0.3) is 0 Å². The molecule has 0 aliphatic carbocycles. The molecule has 1 heteroatoms. The minimum atomic E-state index is 0.937. The van der Waals surface area contributed by atoms with Crippen molar-refractivity contribution in [2.24, 2.45) is 0 Å². The Morgan fingerprint density at radius 3 is 1.95 bits per heavy atom. The summed E-state index contributed by atoms with van der Waals surface area (Å²) in [5.74, 6) is 0. The van der Waals surface area contributed by atoms with E-state index in [2.05, 4.69) is 94.8 Å². The lowest BCUT2D eigenvalue weighted by atomic mass is 9.95. The normalized spacial score (nSPS) is 10.4.